The molecule has 0 saturated carbocycles. The zero-order chi connectivity index (χ0) is 6.57. The van der Waals surface area contributed by atoms with Gasteiger partial charge in [0, 0.05) is 6.42 Å². The van der Waals surface area contributed by atoms with Gasteiger partial charge in [-0.2, -0.15) is 8.78 Å². The normalized spacial score (nSPS) is 8.00. The largest absolute Gasteiger partial charge is 0.330 e. The maximum atomic E-state index is 11.6. The van der Waals surface area contributed by atoms with Gasteiger partial charge >= 0.3 is 6.08 Å². The molecule has 0 unspecified atom stereocenters. The molecule has 0 fully saturated rings. The average Bonchev–Trinajstić information content (AvgIpc) is 1.67. The molecule has 0 spiro atoms. The Labute approximate surface area is 57.1 Å². The van der Waals surface area contributed by atoms with Crippen LogP contribution in [0.2, 0.25) is 0 Å². The molecule has 9 heavy (non-hydrogen) atoms. The zero-order valence-electron chi connectivity index (χ0n) is 4.53. The molecule has 0 atom stereocenters. The summed E-state index contributed by atoms with van der Waals surface area (Å²) in [6, 6.07) is 0. The molecule has 0 aromatic heterocycles. The molecule has 0 heterocycles. The van der Waals surface area contributed by atoms with Crippen LogP contribution in [0.3, 0.4) is 0 Å². The summed E-state index contributed by atoms with van der Waals surface area (Å²) in [7, 11) is 0. The number of hydrogen-bond acceptors (Lipinski definition) is 1. The van der Waals surface area contributed by atoms with Crippen LogP contribution in [0.25, 0.3) is 0 Å². The third-order valence-electron chi connectivity index (χ3n) is 0.569. The van der Waals surface area contributed by atoms with Crippen molar-refractivity contribution in [3.05, 3.63) is 11.9 Å². The Bertz CT molecular complexity index is 100.0. The lowest BCUT2D eigenvalue weighted by atomic mass is 10.4. The van der Waals surface area contributed by atoms with E-state index in [-0.39, 0.29) is 25.4 Å². The van der Waals surface area contributed by atoms with E-state index in [9.17, 15) is 13.2 Å². The van der Waals surface area contributed by atoms with Gasteiger partial charge < -0.3 is 5.73 Å². The van der Waals surface area contributed by atoms with Crippen LogP contribution >= 0.6 is 12.4 Å². The number of halogens is 4. The first-order chi connectivity index (χ1) is 3.68. The first-order valence-electron chi connectivity index (χ1n) is 2.08. The maximum absolute atomic E-state index is 11.6. The molecule has 0 bridgehead atoms. The van der Waals surface area contributed by atoms with Crippen molar-refractivity contribution in [3.8, 4) is 0 Å². The lowest BCUT2D eigenvalue weighted by molar-refractivity contribution is 0.371. The van der Waals surface area contributed by atoms with Crippen LogP contribution < -0.4 is 5.73 Å². The van der Waals surface area contributed by atoms with E-state index in [1.165, 1.54) is 0 Å². The van der Waals surface area contributed by atoms with E-state index >= 15 is 0 Å². The van der Waals surface area contributed by atoms with Crippen molar-refractivity contribution in [2.24, 2.45) is 5.73 Å². The Kier molecular flexibility index (Phi) is 7.59. The molecule has 0 rings (SSSR count). The Balaban J connectivity index is 0. The van der Waals surface area contributed by atoms with Gasteiger partial charge in [0.1, 0.15) is 0 Å². The molecule has 0 aliphatic heterocycles. The topological polar surface area (TPSA) is 26.0 Å². The third kappa shape index (κ3) is 5.65. The molecule has 0 aliphatic rings. The minimum Gasteiger partial charge on any atom is -0.330 e. The molecule has 0 aliphatic carbocycles. The maximum Gasteiger partial charge on any atom is 0.301 e. The summed E-state index contributed by atoms with van der Waals surface area (Å²) in [5, 5.41) is 0. The van der Waals surface area contributed by atoms with E-state index in [2.05, 4.69) is 0 Å². The number of nitrogens with two attached hydrogens (primary N) is 1. The van der Waals surface area contributed by atoms with E-state index in [0.717, 1.165) is 0 Å². The van der Waals surface area contributed by atoms with Gasteiger partial charge in [-0.1, -0.05) is 0 Å². The predicted molar refractivity (Wildman–Crippen MR) is 31.3 cm³/mol. The Hall–Kier alpha value is -0.220. The summed E-state index contributed by atoms with van der Waals surface area (Å²) >= 11 is 0. The van der Waals surface area contributed by atoms with E-state index in [4.69, 9.17) is 5.73 Å². The van der Waals surface area contributed by atoms with Crippen LogP contribution in [0.1, 0.15) is 6.42 Å². The van der Waals surface area contributed by atoms with Crippen LogP contribution in [-0.2, 0) is 0 Å². The van der Waals surface area contributed by atoms with Crippen molar-refractivity contribution in [1.29, 1.82) is 0 Å². The van der Waals surface area contributed by atoms with E-state index in [0.29, 0.717) is 0 Å². The van der Waals surface area contributed by atoms with Gasteiger partial charge in [-0.05, 0) is 6.54 Å². The second-order valence-corrected chi connectivity index (χ2v) is 1.20. The highest BCUT2D eigenvalue weighted by Crippen LogP contribution is 2.10. The fraction of sp³-hybridized carbons (Fsp3) is 0.500. The average molecular weight is 162 g/mol. The zero-order valence-corrected chi connectivity index (χ0v) is 5.35. The van der Waals surface area contributed by atoms with Gasteiger partial charge in [0.15, 0.2) is 5.83 Å². The second-order valence-electron chi connectivity index (χ2n) is 1.20. The molecule has 0 radical (unpaired) electrons. The minimum absolute atomic E-state index is 0. The monoisotopic (exact) mass is 161 g/mol. The van der Waals surface area contributed by atoms with Gasteiger partial charge in [-0.15, -0.1) is 12.4 Å². The van der Waals surface area contributed by atoms with Gasteiger partial charge in [0.2, 0.25) is 0 Å². The summed E-state index contributed by atoms with van der Waals surface area (Å²) in [5.41, 5.74) is 4.76. The van der Waals surface area contributed by atoms with Crippen molar-refractivity contribution in [2.75, 3.05) is 6.54 Å². The highest BCUT2D eigenvalue weighted by atomic mass is 35.5. The molecule has 2 N–H and O–H groups in total. The van der Waals surface area contributed by atoms with E-state index in [1.54, 1.807) is 0 Å². The van der Waals surface area contributed by atoms with Crippen molar-refractivity contribution < 1.29 is 13.2 Å². The van der Waals surface area contributed by atoms with Gasteiger partial charge in [-0.3, -0.25) is 0 Å². The fourth-order valence-corrected chi connectivity index (χ4v) is 0.221. The van der Waals surface area contributed by atoms with Crippen LogP contribution in [-0.4, -0.2) is 6.54 Å². The number of hydrogen-bond donors (Lipinski definition) is 1. The summed E-state index contributed by atoms with van der Waals surface area (Å²) in [5.74, 6) is -1.41. The SMILES string of the molecule is Cl.NCCC(F)=C(F)F. The highest BCUT2D eigenvalue weighted by Gasteiger charge is 2.01. The Morgan fingerprint density at radius 3 is 1.78 bits per heavy atom. The van der Waals surface area contributed by atoms with Crippen molar-refractivity contribution in [2.45, 2.75) is 6.42 Å². The lowest BCUT2D eigenvalue weighted by Gasteiger charge is -1.87. The molecule has 0 aromatic rings. The lowest BCUT2D eigenvalue weighted by Crippen LogP contribution is -1.98. The molecule has 56 valence electrons. The van der Waals surface area contributed by atoms with Gasteiger partial charge in [-0.25, -0.2) is 4.39 Å². The van der Waals surface area contributed by atoms with Crippen LogP contribution in [0, 0.1) is 0 Å². The summed E-state index contributed by atoms with van der Waals surface area (Å²) < 4.78 is 33.7. The van der Waals surface area contributed by atoms with Crippen molar-refractivity contribution in [3.63, 3.8) is 0 Å². The molecule has 0 amide bonds. The van der Waals surface area contributed by atoms with Crippen LogP contribution in [0.15, 0.2) is 11.9 Å². The van der Waals surface area contributed by atoms with Crippen molar-refractivity contribution >= 4 is 12.4 Å². The minimum atomic E-state index is -2.27. The standard InChI is InChI=1S/C4H6F3N.ClH/c5-3(1-2-8)4(6)7;/h1-2,8H2;1H. The molecule has 0 aromatic carbocycles. The molecule has 0 saturated heterocycles. The molecule has 5 heteroatoms. The molecular weight excluding hydrogens is 154 g/mol. The first-order valence-corrected chi connectivity index (χ1v) is 2.08. The van der Waals surface area contributed by atoms with Crippen molar-refractivity contribution in [1.82, 2.24) is 0 Å². The Morgan fingerprint density at radius 2 is 1.67 bits per heavy atom. The summed E-state index contributed by atoms with van der Waals surface area (Å²) in [4.78, 5) is 0. The first kappa shape index (κ1) is 11.6. The second kappa shape index (κ2) is 5.91. The fourth-order valence-electron chi connectivity index (χ4n) is 0.221. The smallest absolute Gasteiger partial charge is 0.301 e. The molecular formula is C4H7ClF3N. The predicted octanol–water partition coefficient (Wildman–Crippen LogP) is 1.83. The molecule has 1 nitrogen and oxygen atoms in total. The third-order valence-corrected chi connectivity index (χ3v) is 0.569. The van der Waals surface area contributed by atoms with Gasteiger partial charge in [0.25, 0.3) is 0 Å². The van der Waals surface area contributed by atoms with Crippen LogP contribution in [0.4, 0.5) is 13.2 Å². The van der Waals surface area contributed by atoms with Crippen LogP contribution in [0.5, 0.6) is 0 Å². The Morgan fingerprint density at radius 1 is 1.22 bits per heavy atom. The summed E-state index contributed by atoms with van der Waals surface area (Å²) in [6.45, 7) is -0.0802. The highest BCUT2D eigenvalue weighted by molar-refractivity contribution is 5.85. The quantitative estimate of drug-likeness (QED) is 0.657. The van der Waals surface area contributed by atoms with E-state index < -0.39 is 11.9 Å². The summed E-state index contributed by atoms with van der Waals surface area (Å²) in [6.07, 6.45) is -2.64. The van der Waals surface area contributed by atoms with E-state index in [1.807, 2.05) is 0 Å². The number of rotatable bonds is 2. The van der Waals surface area contributed by atoms with Gasteiger partial charge in [0.05, 0.1) is 0 Å².